The van der Waals surface area contributed by atoms with Gasteiger partial charge in [-0.3, -0.25) is 0 Å². The summed E-state index contributed by atoms with van der Waals surface area (Å²) in [6, 6.07) is 83.4. The van der Waals surface area contributed by atoms with Gasteiger partial charge in [-0.1, -0.05) is 506 Å². The van der Waals surface area contributed by atoms with Gasteiger partial charge in [-0.05, 0) is 298 Å². The Hall–Kier alpha value is -7.80. The smallest absolute Gasteiger partial charge is 0.0218 e. The molecule has 0 heterocycles. The van der Waals surface area contributed by atoms with Gasteiger partial charge < -0.3 is 0 Å². The van der Waals surface area contributed by atoms with E-state index >= 15 is 0 Å². The summed E-state index contributed by atoms with van der Waals surface area (Å²) in [4.78, 5) is 0. The predicted octanol–water partition coefficient (Wildman–Crippen LogP) is 42.6. The van der Waals surface area contributed by atoms with Crippen LogP contribution < -0.4 is 0 Å². The molecule has 10 aromatic rings. The van der Waals surface area contributed by atoms with Crippen molar-refractivity contribution in [3.63, 3.8) is 0 Å². The maximum absolute atomic E-state index is 2.82. The van der Waals surface area contributed by atoms with Gasteiger partial charge >= 0.3 is 0 Å². The minimum atomic E-state index is -0.136. The van der Waals surface area contributed by atoms with E-state index in [1.54, 1.807) is 55.6 Å². The number of unbranched alkanes of at least 4 members (excludes halogenated alkanes) is 20. The van der Waals surface area contributed by atoms with Crippen LogP contribution in [-0.4, -0.2) is 0 Å². The lowest BCUT2D eigenvalue weighted by molar-refractivity contribution is 0.310. The van der Waals surface area contributed by atoms with Gasteiger partial charge in [0.15, 0.2) is 0 Å². The van der Waals surface area contributed by atoms with Gasteiger partial charge in [0.25, 0.3) is 0 Å². The molecule has 0 aliphatic heterocycles. The van der Waals surface area contributed by atoms with Crippen molar-refractivity contribution in [2.75, 3.05) is 0 Å². The van der Waals surface area contributed by atoms with Crippen molar-refractivity contribution in [2.45, 2.75) is 452 Å². The number of hydrogen-bond donors (Lipinski definition) is 0. The van der Waals surface area contributed by atoms with Crippen LogP contribution in [0, 0.1) is 29.6 Å². The second-order valence-electron chi connectivity index (χ2n) is 44.7. The average Bonchev–Trinajstić information content (AvgIpc) is 1.57. The lowest BCUT2D eigenvalue weighted by Crippen LogP contribution is -2.29. The third-order valence-corrected chi connectivity index (χ3v) is 36.1. The normalized spacial score (nSPS) is 19.5. The van der Waals surface area contributed by atoms with Crippen LogP contribution >= 0.6 is 0 Å². The highest BCUT2D eigenvalue weighted by Crippen LogP contribution is 2.64. The largest absolute Gasteiger partial charge is 0.0654 e. The fourth-order valence-electron chi connectivity index (χ4n) is 28.2. The molecule has 135 heavy (non-hydrogen) atoms. The molecule has 5 aliphatic rings. The van der Waals surface area contributed by atoms with Gasteiger partial charge in [0, 0.05) is 27.1 Å². The van der Waals surface area contributed by atoms with Crippen molar-refractivity contribution < 1.29 is 0 Å². The molecule has 0 saturated carbocycles. The summed E-state index contributed by atoms with van der Waals surface area (Å²) < 4.78 is 0. The van der Waals surface area contributed by atoms with E-state index in [4.69, 9.17) is 0 Å². The predicted molar refractivity (Wildman–Crippen MR) is 593 cm³/mol. The fraction of sp³-hybridized carbons (Fsp3) is 0.556. The van der Waals surface area contributed by atoms with Crippen molar-refractivity contribution in [2.24, 2.45) is 29.6 Å². The lowest BCUT2D eigenvalue weighted by Gasteiger charge is -2.37. The SMILES string of the molecule is CCCCCCC1(CC(CC)CCCC)c2ccccc2-c2ccc(-c3ccc4c(c3)C(CCCCCC)(CC(CC)CCCC)c3cc(-c5ccc6c(c5)C(CCCCCC)(CC(CC)CCCC)c5cc(-c7ccc8c(c7)C(CCCCCC)(CC(CC)CCCC)c7cc(-c9ccc%10c(c9)C(CCCCCC)(CC(CC)CCCC)c9ccccc9-%10)ccc7-8)ccc5-6)ccc3-4)cc21. The molecule has 0 saturated heterocycles. The zero-order valence-electron chi connectivity index (χ0n) is 88.2. The van der Waals surface area contributed by atoms with E-state index in [0.717, 1.165) is 0 Å². The van der Waals surface area contributed by atoms with Gasteiger partial charge in [-0.15, -0.1) is 0 Å². The van der Waals surface area contributed by atoms with Crippen LogP contribution in [0.4, 0.5) is 0 Å². The molecule has 5 aliphatic carbocycles. The minimum absolute atomic E-state index is 0.0139. The minimum Gasteiger partial charge on any atom is -0.0654 e. The first-order valence-corrected chi connectivity index (χ1v) is 57.6. The summed E-state index contributed by atoms with van der Waals surface area (Å²) in [5, 5.41) is 0. The summed E-state index contributed by atoms with van der Waals surface area (Å²) in [7, 11) is 0. The third-order valence-electron chi connectivity index (χ3n) is 36.1. The van der Waals surface area contributed by atoms with E-state index in [1.165, 1.54) is 421 Å². The fourth-order valence-corrected chi connectivity index (χ4v) is 28.2. The zero-order valence-corrected chi connectivity index (χ0v) is 88.2. The van der Waals surface area contributed by atoms with Gasteiger partial charge in [0.1, 0.15) is 0 Å². The van der Waals surface area contributed by atoms with E-state index in [2.05, 4.69) is 298 Å². The first-order valence-electron chi connectivity index (χ1n) is 57.6. The van der Waals surface area contributed by atoms with E-state index in [9.17, 15) is 0 Å². The van der Waals surface area contributed by atoms with E-state index in [1.807, 2.05) is 0 Å². The Labute approximate surface area is 825 Å². The van der Waals surface area contributed by atoms with Crippen LogP contribution in [-0.2, 0) is 27.1 Å². The molecule has 10 aromatic carbocycles. The summed E-state index contributed by atoms with van der Waals surface area (Å²) >= 11 is 0. The second-order valence-corrected chi connectivity index (χ2v) is 44.7. The topological polar surface area (TPSA) is 0 Å². The van der Waals surface area contributed by atoms with Gasteiger partial charge in [0.2, 0.25) is 0 Å². The number of fused-ring (bicyclic) bond motifs is 15. The lowest BCUT2D eigenvalue weighted by atomic mass is 9.66. The first-order chi connectivity index (χ1) is 66.2. The number of benzene rings is 10. The van der Waals surface area contributed by atoms with Crippen molar-refractivity contribution in [3.05, 3.63) is 250 Å². The molecule has 0 aromatic heterocycles. The zero-order chi connectivity index (χ0) is 94.5. The maximum Gasteiger partial charge on any atom is 0.0218 e. The van der Waals surface area contributed by atoms with E-state index in [0.29, 0.717) is 29.6 Å². The Morgan fingerprint density at radius 3 is 0.474 bits per heavy atom. The van der Waals surface area contributed by atoms with Crippen molar-refractivity contribution in [1.29, 1.82) is 0 Å². The molecule has 9 unspecified atom stereocenters. The molecule has 9 atom stereocenters. The Kier molecular flexibility index (Phi) is 36.1. The summed E-state index contributed by atoms with van der Waals surface area (Å²) in [5.74, 6) is 3.31. The van der Waals surface area contributed by atoms with Crippen LogP contribution in [0.1, 0.15) is 481 Å². The standard InChI is InChI=1S/C135H182/c1-16-31-41-50-80-131(93-98(26-11)55-36-21-6)121-62-48-46-60-111(121)113-72-64-103(85-123(113)131)105-66-74-115-117-76-68-107(89-127(117)133(125(115)87-105,82-52-43-33-18-3)95-100(28-13)57-38-23-8)109-70-78-119-120-79-71-110(92-130(120)135(129(119)91-109,84-54-45-35-20-5)97-102(30-15)59-40-25-10)108-69-77-118-116-75-67-106(88-126(116)134(128(118)90-108,83-53-44-34-19-4)96-101(29-14)58-39-24-9)104-65-73-114-112-61-47-49-63-122(112)132(124(114)86-104,81-51-42-32-17-2)94-99(27-12)56-37-22-7/h46-49,60-79,85-92,98-102H,16-45,50-59,80-84,93-97H2,1-15H3. The maximum atomic E-state index is 2.82. The average molecular weight is 1800 g/mol. The van der Waals surface area contributed by atoms with Crippen molar-refractivity contribution in [3.8, 4) is 100 Å². The molecule has 722 valence electrons. The molecular formula is C135H182. The van der Waals surface area contributed by atoms with Crippen LogP contribution in [0.2, 0.25) is 0 Å². The van der Waals surface area contributed by atoms with Gasteiger partial charge in [-0.25, -0.2) is 0 Å². The molecule has 15 rings (SSSR count). The Morgan fingerprint density at radius 1 is 0.156 bits per heavy atom. The molecule has 0 bridgehead atoms. The van der Waals surface area contributed by atoms with E-state index < -0.39 is 0 Å². The third kappa shape index (κ3) is 21.0. The quantitative estimate of drug-likeness (QED) is 0.0333. The van der Waals surface area contributed by atoms with Crippen LogP contribution in [0.5, 0.6) is 0 Å². The molecule has 0 heteroatoms. The molecule has 0 nitrogen and oxygen atoms in total. The first kappa shape index (κ1) is 102. The van der Waals surface area contributed by atoms with Gasteiger partial charge in [-0.2, -0.15) is 0 Å². The highest BCUT2D eigenvalue weighted by Gasteiger charge is 2.51. The van der Waals surface area contributed by atoms with Crippen LogP contribution in [0.25, 0.3) is 100 Å². The number of hydrogen-bond acceptors (Lipinski definition) is 0. The number of rotatable bonds is 59. The van der Waals surface area contributed by atoms with Crippen molar-refractivity contribution in [1.82, 2.24) is 0 Å². The van der Waals surface area contributed by atoms with E-state index in [-0.39, 0.29) is 27.1 Å². The molecule has 0 amide bonds. The Morgan fingerprint density at radius 2 is 0.311 bits per heavy atom. The van der Waals surface area contributed by atoms with Crippen LogP contribution in [0.15, 0.2) is 194 Å². The summed E-state index contributed by atoms with van der Waals surface area (Å²) in [6.45, 7) is 36.7. The highest BCUT2D eigenvalue weighted by atomic mass is 14.5. The monoisotopic (exact) mass is 1800 g/mol. The summed E-state index contributed by atoms with van der Waals surface area (Å²) in [6.07, 6.45) is 63.2. The van der Waals surface area contributed by atoms with Crippen LogP contribution in [0.3, 0.4) is 0 Å². The molecule has 0 spiro atoms. The summed E-state index contributed by atoms with van der Waals surface area (Å²) in [5.41, 5.74) is 42.0. The Balaban J connectivity index is 0.857. The second kappa shape index (κ2) is 47.9. The Bertz CT molecular complexity index is 5150. The molecular weight excluding hydrogens is 1620 g/mol. The molecule has 0 N–H and O–H groups in total. The van der Waals surface area contributed by atoms with Gasteiger partial charge in [0.05, 0.1) is 0 Å². The molecule has 0 fully saturated rings. The highest BCUT2D eigenvalue weighted by molar-refractivity contribution is 5.93. The van der Waals surface area contributed by atoms with Crippen molar-refractivity contribution >= 4 is 0 Å². The molecule has 0 radical (unpaired) electrons.